The van der Waals surface area contributed by atoms with Gasteiger partial charge in [-0.2, -0.15) is 0 Å². The third kappa shape index (κ3) is 5.30. The van der Waals surface area contributed by atoms with E-state index in [2.05, 4.69) is 30.0 Å². The molecule has 1 atom stereocenters. The number of carbonyl (C=O) groups is 1. The zero-order chi connectivity index (χ0) is 14.6. The first kappa shape index (κ1) is 16.1. The van der Waals surface area contributed by atoms with Crippen molar-refractivity contribution in [3.8, 4) is 0 Å². The number of nitrogens with one attached hydrogen (secondary N) is 2. The van der Waals surface area contributed by atoms with E-state index < -0.39 is 10.0 Å². The van der Waals surface area contributed by atoms with E-state index in [9.17, 15) is 13.2 Å². The quantitative estimate of drug-likeness (QED) is 0.833. The van der Waals surface area contributed by atoms with Crippen molar-refractivity contribution in [1.82, 2.24) is 10.0 Å². The molecule has 0 fully saturated rings. The van der Waals surface area contributed by atoms with Crippen molar-refractivity contribution >= 4 is 27.3 Å². The van der Waals surface area contributed by atoms with E-state index in [1.54, 1.807) is 11.3 Å². The van der Waals surface area contributed by atoms with Gasteiger partial charge in [-0.1, -0.05) is 6.92 Å². The van der Waals surface area contributed by atoms with Gasteiger partial charge in [-0.25, -0.2) is 13.1 Å². The highest BCUT2D eigenvalue weighted by Gasteiger charge is 2.14. The van der Waals surface area contributed by atoms with Crippen molar-refractivity contribution < 1.29 is 13.2 Å². The number of hydrogen-bond donors (Lipinski definition) is 2. The maximum absolute atomic E-state index is 11.6. The molecule has 1 amide bonds. The summed E-state index contributed by atoms with van der Waals surface area (Å²) >= 11 is 1.68. The maximum atomic E-state index is 11.6. The lowest BCUT2D eigenvalue weighted by atomic mass is 10.2. The molecule has 19 heavy (non-hydrogen) atoms. The minimum atomic E-state index is -3.33. The molecular formula is C12H20N2O3S2. The average Bonchev–Trinajstić information content (AvgIpc) is 2.67. The van der Waals surface area contributed by atoms with E-state index >= 15 is 0 Å². The molecule has 0 spiro atoms. The number of thiophene rings is 1. The van der Waals surface area contributed by atoms with E-state index in [1.807, 2.05) is 6.92 Å². The van der Waals surface area contributed by atoms with Crippen molar-refractivity contribution in [1.29, 1.82) is 0 Å². The van der Waals surface area contributed by atoms with Gasteiger partial charge in [0, 0.05) is 9.75 Å². The molecule has 0 aromatic carbocycles. The summed E-state index contributed by atoms with van der Waals surface area (Å²) in [6.45, 7) is 5.82. The van der Waals surface area contributed by atoms with Crippen LogP contribution in [0.4, 0.5) is 0 Å². The largest absolute Gasteiger partial charge is 0.348 e. The minimum absolute atomic E-state index is 0.113. The van der Waals surface area contributed by atoms with Crippen molar-refractivity contribution in [3.63, 3.8) is 0 Å². The van der Waals surface area contributed by atoms with Crippen LogP contribution >= 0.6 is 11.3 Å². The zero-order valence-electron chi connectivity index (χ0n) is 11.6. The molecule has 0 bridgehead atoms. The third-order valence-corrected chi connectivity index (χ3v) is 4.89. The van der Waals surface area contributed by atoms with E-state index in [0.29, 0.717) is 0 Å². The summed E-state index contributed by atoms with van der Waals surface area (Å²) in [5.74, 6) is -0.331. The molecule has 7 heteroatoms. The van der Waals surface area contributed by atoms with Crippen LogP contribution in [-0.2, 0) is 21.2 Å². The van der Waals surface area contributed by atoms with E-state index in [-0.39, 0.29) is 18.5 Å². The maximum Gasteiger partial charge on any atom is 0.235 e. The van der Waals surface area contributed by atoms with Gasteiger partial charge in [0.15, 0.2) is 0 Å². The molecule has 0 aliphatic carbocycles. The van der Waals surface area contributed by atoms with Crippen LogP contribution in [0.2, 0.25) is 0 Å². The first-order valence-electron chi connectivity index (χ1n) is 6.06. The number of hydrogen-bond acceptors (Lipinski definition) is 4. The minimum Gasteiger partial charge on any atom is -0.348 e. The Morgan fingerprint density at radius 3 is 2.58 bits per heavy atom. The van der Waals surface area contributed by atoms with Crippen LogP contribution in [0.1, 0.15) is 35.2 Å². The molecule has 0 aliphatic rings. The van der Waals surface area contributed by atoms with Gasteiger partial charge in [0.25, 0.3) is 0 Å². The lowest BCUT2D eigenvalue weighted by Crippen LogP contribution is -2.37. The Balaban J connectivity index is 2.58. The van der Waals surface area contributed by atoms with E-state index in [4.69, 9.17) is 0 Å². The Hall–Kier alpha value is -0.920. The first-order valence-corrected chi connectivity index (χ1v) is 8.77. The highest BCUT2D eigenvalue weighted by molar-refractivity contribution is 7.88. The molecule has 1 aromatic heterocycles. The standard InChI is InChI=1S/C12H20N2O3S2/c1-5-10-8(2)6-11(18-10)9(3)14-12(15)7-13-19(4,16)17/h6,9,13H,5,7H2,1-4H3,(H,14,15). The molecule has 5 nitrogen and oxygen atoms in total. The fourth-order valence-electron chi connectivity index (χ4n) is 1.67. The Labute approximate surface area is 118 Å². The van der Waals surface area contributed by atoms with Gasteiger partial charge in [-0.3, -0.25) is 4.79 Å². The predicted octanol–water partition coefficient (Wildman–Crippen LogP) is 1.35. The highest BCUT2D eigenvalue weighted by Crippen LogP contribution is 2.27. The second-order valence-corrected chi connectivity index (χ2v) is 7.49. The summed E-state index contributed by atoms with van der Waals surface area (Å²) in [6, 6.07) is 1.95. The van der Waals surface area contributed by atoms with Crippen LogP contribution in [0.25, 0.3) is 0 Å². The Kier molecular flexibility index (Phi) is 5.51. The van der Waals surface area contributed by atoms with Gasteiger partial charge >= 0.3 is 0 Å². The summed E-state index contributed by atoms with van der Waals surface area (Å²) in [7, 11) is -3.33. The topological polar surface area (TPSA) is 75.3 Å². The molecule has 0 saturated carbocycles. The average molecular weight is 304 g/mol. The molecule has 0 aliphatic heterocycles. The van der Waals surface area contributed by atoms with Gasteiger partial charge in [0.1, 0.15) is 0 Å². The monoisotopic (exact) mass is 304 g/mol. The van der Waals surface area contributed by atoms with Crippen molar-refractivity contribution in [2.24, 2.45) is 0 Å². The second-order valence-electron chi connectivity index (χ2n) is 4.49. The SMILES string of the molecule is CCc1sc(C(C)NC(=O)CNS(C)(=O)=O)cc1C. The molecule has 0 radical (unpaired) electrons. The zero-order valence-corrected chi connectivity index (χ0v) is 13.2. The van der Waals surface area contributed by atoms with Crippen LogP contribution in [0.5, 0.6) is 0 Å². The van der Waals surface area contributed by atoms with E-state index in [1.165, 1.54) is 10.4 Å². The molecule has 1 rings (SSSR count). The highest BCUT2D eigenvalue weighted by atomic mass is 32.2. The first-order chi connectivity index (χ1) is 8.73. The van der Waals surface area contributed by atoms with Crippen LogP contribution in [0.15, 0.2) is 6.07 Å². The third-order valence-electron chi connectivity index (χ3n) is 2.66. The predicted molar refractivity (Wildman–Crippen MR) is 77.8 cm³/mol. The van der Waals surface area contributed by atoms with Gasteiger partial charge in [-0.05, 0) is 31.9 Å². The van der Waals surface area contributed by atoms with Crippen molar-refractivity contribution in [2.75, 3.05) is 12.8 Å². The Morgan fingerprint density at radius 1 is 1.47 bits per heavy atom. The van der Waals surface area contributed by atoms with Gasteiger partial charge < -0.3 is 5.32 Å². The summed E-state index contributed by atoms with van der Waals surface area (Å²) in [6.07, 6.45) is 2.01. The smallest absolute Gasteiger partial charge is 0.235 e. The molecule has 1 unspecified atom stereocenters. The summed E-state index contributed by atoms with van der Waals surface area (Å²) in [5.41, 5.74) is 1.23. The molecule has 2 N–H and O–H groups in total. The number of rotatable bonds is 6. The number of carbonyl (C=O) groups excluding carboxylic acids is 1. The molecule has 108 valence electrons. The number of sulfonamides is 1. The number of aryl methyl sites for hydroxylation is 2. The van der Waals surface area contributed by atoms with E-state index in [0.717, 1.165) is 17.6 Å². The van der Waals surface area contributed by atoms with Crippen LogP contribution < -0.4 is 10.0 Å². The second kappa shape index (κ2) is 6.49. The van der Waals surface area contributed by atoms with Crippen molar-refractivity contribution in [3.05, 3.63) is 21.4 Å². The van der Waals surface area contributed by atoms with Crippen molar-refractivity contribution in [2.45, 2.75) is 33.2 Å². The van der Waals surface area contributed by atoms with Crippen LogP contribution in [0.3, 0.4) is 0 Å². The lowest BCUT2D eigenvalue weighted by Gasteiger charge is -2.12. The van der Waals surface area contributed by atoms with Crippen LogP contribution in [-0.4, -0.2) is 27.1 Å². The fraction of sp³-hybridized carbons (Fsp3) is 0.583. The number of amides is 1. The fourth-order valence-corrected chi connectivity index (χ4v) is 3.18. The van der Waals surface area contributed by atoms with Gasteiger partial charge in [0.2, 0.25) is 15.9 Å². The van der Waals surface area contributed by atoms with Gasteiger partial charge in [-0.15, -0.1) is 11.3 Å². The summed E-state index contributed by atoms with van der Waals surface area (Å²) in [5, 5.41) is 2.78. The molecule has 1 heterocycles. The molecular weight excluding hydrogens is 284 g/mol. The van der Waals surface area contributed by atoms with Gasteiger partial charge in [0.05, 0.1) is 18.8 Å². The van der Waals surface area contributed by atoms with Crippen LogP contribution in [0, 0.1) is 6.92 Å². The Morgan fingerprint density at radius 2 is 2.11 bits per heavy atom. The summed E-state index contributed by atoms with van der Waals surface area (Å²) in [4.78, 5) is 14.0. The normalized spacial score (nSPS) is 13.3. The summed E-state index contributed by atoms with van der Waals surface area (Å²) < 4.78 is 23.9. The molecule has 1 aromatic rings. The lowest BCUT2D eigenvalue weighted by molar-refractivity contribution is -0.120. The molecule has 0 saturated heterocycles. The Bertz CT molecular complexity index is 549.